The minimum absolute atomic E-state index is 0.0185. The van der Waals surface area contributed by atoms with Crippen molar-refractivity contribution in [1.29, 1.82) is 0 Å². The van der Waals surface area contributed by atoms with E-state index in [0.29, 0.717) is 17.3 Å². The van der Waals surface area contributed by atoms with Crippen molar-refractivity contribution in [3.05, 3.63) is 28.8 Å². The van der Waals surface area contributed by atoms with Gasteiger partial charge in [0.05, 0.1) is 18.6 Å². The summed E-state index contributed by atoms with van der Waals surface area (Å²) in [6.45, 7) is 0.750. The number of hydrogen-bond acceptors (Lipinski definition) is 4. The molecule has 1 N–H and O–H groups in total. The van der Waals surface area contributed by atoms with Crippen molar-refractivity contribution < 1.29 is 17.9 Å². The van der Waals surface area contributed by atoms with Crippen LogP contribution in [0.4, 0.5) is 4.79 Å². The van der Waals surface area contributed by atoms with Gasteiger partial charge in [0.15, 0.2) is 9.84 Å². The first-order valence-corrected chi connectivity index (χ1v) is 8.67. The molecule has 2 rings (SSSR count). The summed E-state index contributed by atoms with van der Waals surface area (Å²) >= 11 is 5.87. The summed E-state index contributed by atoms with van der Waals surface area (Å²) in [5.41, 5.74) is 0.805. The van der Waals surface area contributed by atoms with Crippen LogP contribution in [0, 0.1) is 0 Å². The number of carbonyl (C=O) groups excluding carboxylic acids is 1. The van der Waals surface area contributed by atoms with E-state index in [4.69, 9.17) is 16.3 Å². The molecule has 0 atom stereocenters. The summed E-state index contributed by atoms with van der Waals surface area (Å²) in [5.74, 6) is 0.638. The number of nitrogens with zero attached hydrogens (tertiary/aromatic N) is 1. The van der Waals surface area contributed by atoms with E-state index < -0.39 is 9.84 Å². The Morgan fingerprint density at radius 1 is 1.38 bits per heavy atom. The van der Waals surface area contributed by atoms with Gasteiger partial charge < -0.3 is 15.0 Å². The third kappa shape index (κ3) is 4.25. The number of carbonyl (C=O) groups is 1. The zero-order valence-electron chi connectivity index (χ0n) is 11.6. The molecule has 116 valence electrons. The molecule has 1 saturated heterocycles. The van der Waals surface area contributed by atoms with E-state index in [1.54, 1.807) is 18.2 Å². The Kier molecular flexibility index (Phi) is 4.95. The van der Waals surface area contributed by atoms with Crippen LogP contribution in [0.5, 0.6) is 5.75 Å². The number of methoxy groups -OCH3 is 1. The van der Waals surface area contributed by atoms with Gasteiger partial charge in [-0.1, -0.05) is 17.7 Å². The number of sulfone groups is 1. The maximum absolute atomic E-state index is 12.0. The lowest BCUT2D eigenvalue weighted by atomic mass is 10.2. The summed E-state index contributed by atoms with van der Waals surface area (Å²) in [4.78, 5) is 13.5. The molecule has 1 aliphatic rings. The van der Waals surface area contributed by atoms with Crippen molar-refractivity contribution in [1.82, 2.24) is 10.2 Å². The average molecular weight is 333 g/mol. The average Bonchev–Trinajstić information content (AvgIpc) is 2.45. The molecule has 21 heavy (non-hydrogen) atoms. The Morgan fingerprint density at radius 3 is 2.67 bits per heavy atom. The molecule has 8 heteroatoms. The standard InChI is InChI=1S/C13H17ClN2O4S/c1-20-12-8-11(14)3-2-10(12)9-15-13(17)16-4-6-21(18,19)7-5-16/h2-3,8H,4-7,9H2,1H3,(H,15,17). The zero-order chi connectivity index (χ0) is 15.5. The first-order chi connectivity index (χ1) is 9.91. The molecule has 1 fully saturated rings. The largest absolute Gasteiger partial charge is 0.496 e. The third-order valence-electron chi connectivity index (χ3n) is 3.31. The Balaban J connectivity index is 1.93. The summed E-state index contributed by atoms with van der Waals surface area (Å²) in [6.07, 6.45) is 0. The number of amides is 2. The van der Waals surface area contributed by atoms with Gasteiger partial charge in [0.2, 0.25) is 0 Å². The third-order valence-corrected chi connectivity index (χ3v) is 5.16. The van der Waals surface area contributed by atoms with Gasteiger partial charge in [0.1, 0.15) is 5.75 Å². The molecule has 6 nitrogen and oxygen atoms in total. The number of hydrogen-bond donors (Lipinski definition) is 1. The van der Waals surface area contributed by atoms with Gasteiger partial charge in [-0.2, -0.15) is 0 Å². The molecule has 0 saturated carbocycles. The molecular formula is C13H17ClN2O4S. The summed E-state index contributed by atoms with van der Waals surface area (Å²) < 4.78 is 27.9. The predicted octanol–water partition coefficient (Wildman–Crippen LogP) is 1.29. The van der Waals surface area contributed by atoms with Crippen LogP contribution in [-0.2, 0) is 16.4 Å². The Bertz CT molecular complexity index is 619. The highest BCUT2D eigenvalue weighted by molar-refractivity contribution is 7.91. The number of urea groups is 1. The second kappa shape index (κ2) is 6.53. The smallest absolute Gasteiger partial charge is 0.317 e. The zero-order valence-corrected chi connectivity index (χ0v) is 13.2. The van der Waals surface area contributed by atoms with Crippen LogP contribution >= 0.6 is 11.6 Å². The molecule has 0 aliphatic carbocycles. The number of halogens is 1. The van der Waals surface area contributed by atoms with E-state index in [1.165, 1.54) is 12.0 Å². The van der Waals surface area contributed by atoms with Crippen LogP contribution in [0.15, 0.2) is 18.2 Å². The summed E-state index contributed by atoms with van der Waals surface area (Å²) in [5, 5.41) is 3.32. The van der Waals surface area contributed by atoms with Crippen LogP contribution in [0.2, 0.25) is 5.02 Å². The molecule has 1 aliphatic heterocycles. The van der Waals surface area contributed by atoms with Gasteiger partial charge in [0.25, 0.3) is 0 Å². The molecular weight excluding hydrogens is 316 g/mol. The summed E-state index contributed by atoms with van der Waals surface area (Å²) in [7, 11) is -1.45. The molecule has 0 aromatic heterocycles. The summed E-state index contributed by atoms with van der Waals surface area (Å²) in [6, 6.07) is 4.90. The molecule has 0 radical (unpaired) electrons. The van der Waals surface area contributed by atoms with E-state index in [9.17, 15) is 13.2 Å². The van der Waals surface area contributed by atoms with Gasteiger partial charge in [-0.05, 0) is 12.1 Å². The van der Waals surface area contributed by atoms with E-state index >= 15 is 0 Å². The van der Waals surface area contributed by atoms with E-state index in [1.807, 2.05) is 0 Å². The lowest BCUT2D eigenvalue weighted by molar-refractivity contribution is 0.201. The van der Waals surface area contributed by atoms with Crippen molar-refractivity contribution in [2.24, 2.45) is 0 Å². The molecule has 0 bridgehead atoms. The minimum atomic E-state index is -2.99. The highest BCUT2D eigenvalue weighted by Crippen LogP contribution is 2.22. The Hall–Kier alpha value is -1.47. The highest BCUT2D eigenvalue weighted by atomic mass is 35.5. The van der Waals surface area contributed by atoms with Gasteiger partial charge in [-0.3, -0.25) is 0 Å². The van der Waals surface area contributed by atoms with E-state index in [-0.39, 0.29) is 30.6 Å². The first-order valence-electron chi connectivity index (χ1n) is 6.47. The van der Waals surface area contributed by atoms with Crippen molar-refractivity contribution in [2.75, 3.05) is 31.7 Å². The van der Waals surface area contributed by atoms with Gasteiger partial charge in [-0.15, -0.1) is 0 Å². The maximum atomic E-state index is 12.0. The number of ether oxygens (including phenoxy) is 1. The normalized spacial score (nSPS) is 17.3. The quantitative estimate of drug-likeness (QED) is 0.905. The first kappa shape index (κ1) is 15.9. The van der Waals surface area contributed by atoms with Crippen LogP contribution in [0.25, 0.3) is 0 Å². The number of benzene rings is 1. The van der Waals surface area contributed by atoms with E-state index in [2.05, 4.69) is 5.32 Å². The monoisotopic (exact) mass is 332 g/mol. The maximum Gasteiger partial charge on any atom is 0.317 e. The van der Waals surface area contributed by atoms with Crippen LogP contribution in [0.1, 0.15) is 5.56 Å². The number of nitrogens with one attached hydrogen (secondary N) is 1. The second-order valence-corrected chi connectivity index (χ2v) is 7.49. The highest BCUT2D eigenvalue weighted by Gasteiger charge is 2.24. The lowest BCUT2D eigenvalue weighted by Crippen LogP contribution is -2.48. The van der Waals surface area contributed by atoms with Gasteiger partial charge in [0, 0.05) is 30.2 Å². The Morgan fingerprint density at radius 2 is 2.05 bits per heavy atom. The SMILES string of the molecule is COc1cc(Cl)ccc1CNC(=O)N1CCS(=O)(=O)CC1. The van der Waals surface area contributed by atoms with Crippen LogP contribution in [-0.4, -0.2) is 51.1 Å². The molecule has 1 aromatic rings. The van der Waals surface area contributed by atoms with Crippen molar-refractivity contribution >= 4 is 27.5 Å². The van der Waals surface area contributed by atoms with Crippen molar-refractivity contribution in [2.45, 2.75) is 6.54 Å². The fraction of sp³-hybridized carbons (Fsp3) is 0.462. The Labute approximate surface area is 128 Å². The van der Waals surface area contributed by atoms with Crippen LogP contribution < -0.4 is 10.1 Å². The fourth-order valence-electron chi connectivity index (χ4n) is 2.06. The van der Waals surface area contributed by atoms with Crippen LogP contribution in [0.3, 0.4) is 0 Å². The molecule has 1 heterocycles. The van der Waals surface area contributed by atoms with Gasteiger partial charge >= 0.3 is 6.03 Å². The predicted molar refractivity (Wildman–Crippen MR) is 80.5 cm³/mol. The topological polar surface area (TPSA) is 75.7 Å². The van der Waals surface area contributed by atoms with Crippen molar-refractivity contribution in [3.8, 4) is 5.75 Å². The minimum Gasteiger partial charge on any atom is -0.496 e. The second-order valence-electron chi connectivity index (χ2n) is 4.75. The lowest BCUT2D eigenvalue weighted by Gasteiger charge is -2.27. The molecule has 1 aromatic carbocycles. The van der Waals surface area contributed by atoms with Crippen molar-refractivity contribution in [3.63, 3.8) is 0 Å². The van der Waals surface area contributed by atoms with E-state index in [0.717, 1.165) is 5.56 Å². The molecule has 2 amide bonds. The molecule has 0 spiro atoms. The fourth-order valence-corrected chi connectivity index (χ4v) is 3.43. The molecule has 0 unspecified atom stereocenters. The number of rotatable bonds is 3. The van der Waals surface area contributed by atoms with Gasteiger partial charge in [-0.25, -0.2) is 13.2 Å².